The van der Waals surface area contributed by atoms with E-state index in [-0.39, 0.29) is 12.5 Å². The number of allylic oxidation sites excluding steroid dienone is 16. The van der Waals surface area contributed by atoms with Crippen molar-refractivity contribution in [3.63, 3.8) is 0 Å². The number of hydrogen-bond donors (Lipinski definition) is 6. The molecule has 9 nitrogen and oxygen atoms in total. The summed E-state index contributed by atoms with van der Waals surface area (Å²) in [5.41, 5.74) is 0. The molecule has 1 aliphatic rings. The molecule has 0 aliphatic carbocycles. The summed E-state index contributed by atoms with van der Waals surface area (Å²) in [5.74, 6) is -0.147. The lowest BCUT2D eigenvalue weighted by molar-refractivity contribution is -0.302. The standard InChI is InChI=1S/C69H121NO8/c1-3-5-7-9-11-13-15-17-19-21-23-24-25-26-27-28-29-30-31-32-33-34-35-36-37-38-39-40-41-43-45-47-49-51-53-55-57-59-65(73)70-62(61-77-69-68(76)67(75)66(74)64(60-71)78-69)63(72)58-56-54-52-50-48-46-44-42-22-20-18-16-14-12-10-8-6-4-2/h5,7,11,13,17,19,23-24,26-27,29-30,32-33,35-36,62-64,66-69,71-72,74-76H,3-4,6,8-10,12,14-16,18,20-22,25,28,31,34,37-61H2,1-2H3,(H,70,73)/b7-5-,13-11-,19-17-,24-23-,27-26-,30-29-,33-32-,36-35-. The van der Waals surface area contributed by atoms with Gasteiger partial charge in [0, 0.05) is 6.42 Å². The van der Waals surface area contributed by atoms with Crippen LogP contribution >= 0.6 is 0 Å². The van der Waals surface area contributed by atoms with Crippen molar-refractivity contribution in [2.45, 2.75) is 320 Å². The quantitative estimate of drug-likeness (QED) is 0.0261. The van der Waals surface area contributed by atoms with Crippen LogP contribution < -0.4 is 5.32 Å². The Labute approximate surface area is 479 Å². The fraction of sp³-hybridized carbons (Fsp3) is 0.754. The minimum Gasteiger partial charge on any atom is -0.394 e. The van der Waals surface area contributed by atoms with Crippen LogP contribution in [0.2, 0.25) is 0 Å². The zero-order chi connectivity index (χ0) is 56.5. The molecule has 0 aromatic carbocycles. The van der Waals surface area contributed by atoms with E-state index in [1.807, 2.05) is 0 Å². The molecule has 7 unspecified atom stereocenters. The molecule has 0 radical (unpaired) electrons. The van der Waals surface area contributed by atoms with Gasteiger partial charge in [0.1, 0.15) is 24.4 Å². The predicted molar refractivity (Wildman–Crippen MR) is 331 cm³/mol. The molecule has 7 atom stereocenters. The van der Waals surface area contributed by atoms with Crippen LogP contribution in [0.4, 0.5) is 0 Å². The first-order valence-corrected chi connectivity index (χ1v) is 32.4. The Hall–Kier alpha value is -2.89. The molecular formula is C69H121NO8. The van der Waals surface area contributed by atoms with Gasteiger partial charge in [-0.2, -0.15) is 0 Å². The molecule has 78 heavy (non-hydrogen) atoms. The molecule has 0 aromatic heterocycles. The summed E-state index contributed by atoms with van der Waals surface area (Å²) in [6.45, 7) is 3.74. The fourth-order valence-corrected chi connectivity index (χ4v) is 9.88. The number of hydrogen-bond acceptors (Lipinski definition) is 8. The molecule has 0 aromatic rings. The SMILES string of the molecule is CC/C=C\C/C=C\C/C=C\C/C=C\C/C=C\C/C=C\C/C=C\C/C=C\CCCCCCCCCCCCCCC(=O)NC(COC1OC(CO)C(O)C(O)C1O)C(O)CCCCCCCCCCCCCCCCCCCC. The Morgan fingerprint density at radius 3 is 1.18 bits per heavy atom. The second kappa shape index (κ2) is 57.3. The molecule has 0 spiro atoms. The Morgan fingerprint density at radius 1 is 0.449 bits per heavy atom. The number of aliphatic hydroxyl groups is 5. The van der Waals surface area contributed by atoms with Crippen molar-refractivity contribution in [1.82, 2.24) is 5.32 Å². The predicted octanol–water partition coefficient (Wildman–Crippen LogP) is 17.1. The average molecular weight is 1090 g/mol. The molecule has 0 saturated carbocycles. The van der Waals surface area contributed by atoms with Crippen LogP contribution in [0.3, 0.4) is 0 Å². The van der Waals surface area contributed by atoms with E-state index in [2.05, 4.69) is 116 Å². The van der Waals surface area contributed by atoms with E-state index < -0.39 is 49.5 Å². The molecule has 1 rings (SSSR count). The fourth-order valence-electron chi connectivity index (χ4n) is 9.88. The lowest BCUT2D eigenvalue weighted by Crippen LogP contribution is -2.60. The van der Waals surface area contributed by atoms with Crippen molar-refractivity contribution in [2.24, 2.45) is 0 Å². The van der Waals surface area contributed by atoms with Crippen LogP contribution in [-0.4, -0.2) is 87.5 Å². The van der Waals surface area contributed by atoms with E-state index >= 15 is 0 Å². The second-order valence-corrected chi connectivity index (χ2v) is 22.2. The van der Waals surface area contributed by atoms with Crippen molar-refractivity contribution in [1.29, 1.82) is 0 Å². The van der Waals surface area contributed by atoms with Gasteiger partial charge in [-0.1, -0.05) is 291 Å². The van der Waals surface area contributed by atoms with E-state index in [9.17, 15) is 30.3 Å². The van der Waals surface area contributed by atoms with Crippen LogP contribution in [0.25, 0.3) is 0 Å². The summed E-state index contributed by atoms with van der Waals surface area (Å²) in [7, 11) is 0. The highest BCUT2D eigenvalue weighted by Gasteiger charge is 2.44. The van der Waals surface area contributed by atoms with Gasteiger partial charge in [0.05, 0.1) is 25.4 Å². The van der Waals surface area contributed by atoms with Gasteiger partial charge >= 0.3 is 0 Å². The van der Waals surface area contributed by atoms with Crippen LogP contribution in [-0.2, 0) is 14.3 Å². The van der Waals surface area contributed by atoms with Crippen LogP contribution in [0.1, 0.15) is 277 Å². The van der Waals surface area contributed by atoms with Gasteiger partial charge in [0.15, 0.2) is 6.29 Å². The highest BCUT2D eigenvalue weighted by molar-refractivity contribution is 5.76. The third-order valence-electron chi connectivity index (χ3n) is 15.0. The maximum Gasteiger partial charge on any atom is 0.220 e. The highest BCUT2D eigenvalue weighted by Crippen LogP contribution is 2.23. The first-order chi connectivity index (χ1) is 38.3. The van der Waals surface area contributed by atoms with Crippen molar-refractivity contribution >= 4 is 5.91 Å². The summed E-state index contributed by atoms with van der Waals surface area (Å²) in [4.78, 5) is 13.1. The second-order valence-electron chi connectivity index (χ2n) is 22.2. The number of amides is 1. The molecule has 450 valence electrons. The van der Waals surface area contributed by atoms with Gasteiger partial charge in [-0.05, 0) is 77.0 Å². The molecule has 1 heterocycles. The molecule has 6 N–H and O–H groups in total. The smallest absolute Gasteiger partial charge is 0.220 e. The monoisotopic (exact) mass is 1090 g/mol. The lowest BCUT2D eigenvalue weighted by atomic mass is 9.99. The van der Waals surface area contributed by atoms with E-state index in [1.54, 1.807) is 0 Å². The Kier molecular flexibility index (Phi) is 53.8. The highest BCUT2D eigenvalue weighted by atomic mass is 16.7. The molecule has 0 bridgehead atoms. The first-order valence-electron chi connectivity index (χ1n) is 32.4. The molecule has 1 fully saturated rings. The largest absolute Gasteiger partial charge is 0.394 e. The number of carbonyl (C=O) groups is 1. The number of rotatable bonds is 55. The number of nitrogens with one attached hydrogen (secondary N) is 1. The maximum absolute atomic E-state index is 13.1. The topological polar surface area (TPSA) is 149 Å². The number of carbonyl (C=O) groups excluding carboxylic acids is 1. The lowest BCUT2D eigenvalue weighted by Gasteiger charge is -2.40. The van der Waals surface area contributed by atoms with Crippen molar-refractivity contribution in [3.05, 3.63) is 97.2 Å². The van der Waals surface area contributed by atoms with Gasteiger partial charge < -0.3 is 40.3 Å². The van der Waals surface area contributed by atoms with Crippen LogP contribution in [0, 0.1) is 0 Å². The van der Waals surface area contributed by atoms with Gasteiger partial charge in [0.25, 0.3) is 0 Å². The molecule has 1 saturated heterocycles. The number of ether oxygens (including phenoxy) is 2. The normalized spacial score (nSPS) is 19.3. The van der Waals surface area contributed by atoms with Gasteiger partial charge in [0.2, 0.25) is 5.91 Å². The molecule has 1 aliphatic heterocycles. The average Bonchev–Trinajstić information content (AvgIpc) is 3.45. The summed E-state index contributed by atoms with van der Waals surface area (Å²) >= 11 is 0. The van der Waals surface area contributed by atoms with Crippen LogP contribution in [0.5, 0.6) is 0 Å². The molecular weight excluding hydrogens is 971 g/mol. The van der Waals surface area contributed by atoms with E-state index in [4.69, 9.17) is 9.47 Å². The van der Waals surface area contributed by atoms with Crippen LogP contribution in [0.15, 0.2) is 97.2 Å². The van der Waals surface area contributed by atoms with Crippen molar-refractivity contribution < 1.29 is 39.8 Å². The molecule has 1 amide bonds. The van der Waals surface area contributed by atoms with Gasteiger partial charge in [-0.3, -0.25) is 4.79 Å². The zero-order valence-electron chi connectivity index (χ0n) is 50.1. The summed E-state index contributed by atoms with van der Waals surface area (Å²) in [6.07, 6.45) is 75.9. The maximum atomic E-state index is 13.1. The first kappa shape index (κ1) is 73.1. The Balaban J connectivity index is 2.13. The zero-order valence-corrected chi connectivity index (χ0v) is 50.1. The summed E-state index contributed by atoms with van der Waals surface area (Å²) in [6, 6.07) is -0.726. The molecule has 9 heteroatoms. The Morgan fingerprint density at radius 2 is 0.795 bits per heavy atom. The Bertz CT molecular complexity index is 1550. The van der Waals surface area contributed by atoms with Gasteiger partial charge in [-0.25, -0.2) is 0 Å². The van der Waals surface area contributed by atoms with Crippen molar-refractivity contribution in [3.8, 4) is 0 Å². The number of aliphatic hydroxyl groups excluding tert-OH is 5. The van der Waals surface area contributed by atoms with Crippen molar-refractivity contribution in [2.75, 3.05) is 13.2 Å². The van der Waals surface area contributed by atoms with Gasteiger partial charge in [-0.15, -0.1) is 0 Å². The van der Waals surface area contributed by atoms with E-state index in [0.29, 0.717) is 12.8 Å². The number of unbranched alkanes of at least 4 members (excludes halogenated alkanes) is 29. The third-order valence-corrected chi connectivity index (χ3v) is 15.0. The summed E-state index contributed by atoms with van der Waals surface area (Å²) < 4.78 is 11.3. The third kappa shape index (κ3) is 45.8. The minimum absolute atomic E-state index is 0.141. The van der Waals surface area contributed by atoms with E-state index in [1.165, 1.54) is 161 Å². The minimum atomic E-state index is -1.56. The van der Waals surface area contributed by atoms with E-state index in [0.717, 1.165) is 89.9 Å². The summed E-state index contributed by atoms with van der Waals surface area (Å²) in [5, 5.41) is 54.8.